The van der Waals surface area contributed by atoms with Gasteiger partial charge in [-0.15, -0.1) is 0 Å². The molecule has 0 heterocycles. The molecule has 0 bridgehead atoms. The molecule has 0 saturated carbocycles. The van der Waals surface area contributed by atoms with Crippen molar-refractivity contribution in [3.05, 3.63) is 0 Å². The van der Waals surface area contributed by atoms with Crippen LogP contribution < -0.4 is 0 Å². The molecule has 4 nitrogen and oxygen atoms in total. The predicted molar refractivity (Wildman–Crippen MR) is 40.9 cm³/mol. The van der Waals surface area contributed by atoms with Crippen LogP contribution in [0, 0.1) is 0 Å². The first-order valence-corrected chi connectivity index (χ1v) is 5.42. The van der Waals surface area contributed by atoms with Crippen LogP contribution in [0.1, 0.15) is 13.3 Å². The van der Waals surface area contributed by atoms with E-state index in [1.807, 2.05) is 6.92 Å². The Morgan fingerprint density at radius 1 is 1.60 bits per heavy atom. The molecule has 1 unspecified atom stereocenters. The van der Waals surface area contributed by atoms with Gasteiger partial charge in [-0.25, -0.2) is 4.57 Å². The largest absolute Gasteiger partial charge is 0.473 e. The van der Waals surface area contributed by atoms with Crippen molar-refractivity contribution in [1.82, 2.24) is 0 Å². The highest BCUT2D eigenvalue weighted by molar-refractivity contribution is 9.09. The Labute approximate surface area is 68.3 Å². The number of rotatable bonds is 5. The summed E-state index contributed by atoms with van der Waals surface area (Å²) < 4.78 is 19.5. The third kappa shape index (κ3) is 5.38. The van der Waals surface area contributed by atoms with Crippen molar-refractivity contribution in [2.24, 2.45) is 0 Å². The van der Waals surface area contributed by atoms with Crippen LogP contribution >= 0.6 is 23.8 Å². The molecule has 0 aromatic heterocycles. The minimum atomic E-state index is -3.76. The maximum atomic E-state index is 10.7. The minimum Gasteiger partial charge on any atom is -0.302 e. The lowest BCUT2D eigenvalue weighted by Crippen LogP contribution is -1.93. The Kier molecular flexibility index (Phi) is 5.58. The highest BCUT2D eigenvalue weighted by Gasteiger charge is 2.18. The van der Waals surface area contributed by atoms with E-state index < -0.39 is 7.82 Å². The summed E-state index contributed by atoms with van der Waals surface area (Å²) in [6, 6.07) is 0. The molecule has 1 atom stereocenters. The molecule has 0 aliphatic heterocycles. The number of hydrogen-bond donors (Lipinski definition) is 1. The van der Waals surface area contributed by atoms with Crippen LogP contribution in [0.2, 0.25) is 0 Å². The van der Waals surface area contributed by atoms with Gasteiger partial charge in [0, 0.05) is 0 Å². The van der Waals surface area contributed by atoms with Gasteiger partial charge in [-0.2, -0.15) is 0 Å². The summed E-state index contributed by atoms with van der Waals surface area (Å²) in [7, 11) is -3.76. The van der Waals surface area contributed by atoms with Crippen molar-refractivity contribution in [1.29, 1.82) is 0 Å². The second-order valence-electron chi connectivity index (χ2n) is 1.54. The Bertz CT molecular complexity index is 128. The quantitative estimate of drug-likeness (QED) is 0.581. The van der Waals surface area contributed by atoms with E-state index >= 15 is 0 Å². The number of phosphoric acid groups is 1. The smallest absolute Gasteiger partial charge is 0.302 e. The Hall–Kier alpha value is 0.590. The molecule has 0 fully saturated rings. The van der Waals surface area contributed by atoms with E-state index in [-0.39, 0.29) is 12.1 Å². The molecule has 1 N–H and O–H groups in total. The molecule has 0 aromatic rings. The molecule has 0 radical (unpaired) electrons. The maximum absolute atomic E-state index is 10.7. The van der Waals surface area contributed by atoms with E-state index in [2.05, 4.69) is 25.0 Å². The van der Waals surface area contributed by atoms with Crippen molar-refractivity contribution in [2.75, 3.05) is 12.1 Å². The van der Waals surface area contributed by atoms with Gasteiger partial charge in [0.15, 0.2) is 0 Å². The third-order valence-corrected chi connectivity index (χ3v) is 2.22. The van der Waals surface area contributed by atoms with Gasteiger partial charge in [-0.1, -0.05) is 22.9 Å². The molecule has 0 aliphatic carbocycles. The lowest BCUT2D eigenvalue weighted by Gasteiger charge is -2.08. The summed E-state index contributed by atoms with van der Waals surface area (Å²) in [6.07, 6.45) is 0.691. The topological polar surface area (TPSA) is 55.8 Å². The SMILES string of the molecule is CCCOP(=O)(O)OCBr. The first-order valence-electron chi connectivity index (χ1n) is 2.80. The number of halogens is 1. The molecule has 62 valence electrons. The van der Waals surface area contributed by atoms with Crippen LogP contribution in [-0.4, -0.2) is 17.0 Å². The molecule has 6 heteroatoms. The Morgan fingerprint density at radius 2 is 2.20 bits per heavy atom. The lowest BCUT2D eigenvalue weighted by atomic mass is 10.5. The molecular weight excluding hydrogens is 223 g/mol. The first-order chi connectivity index (χ1) is 4.62. The number of phosphoric ester groups is 1. The lowest BCUT2D eigenvalue weighted by molar-refractivity contribution is 0.169. The van der Waals surface area contributed by atoms with E-state index in [1.54, 1.807) is 0 Å². The zero-order valence-electron chi connectivity index (χ0n) is 5.62. The molecule has 0 spiro atoms. The van der Waals surface area contributed by atoms with Crippen molar-refractivity contribution < 1.29 is 18.5 Å². The third-order valence-electron chi connectivity index (χ3n) is 0.670. The van der Waals surface area contributed by atoms with Gasteiger partial charge in [0.05, 0.1) is 6.61 Å². The summed E-state index contributed by atoms with van der Waals surface area (Å²) in [5.74, 6) is 0. The predicted octanol–water partition coefficient (Wildman–Crippen LogP) is 1.88. The summed E-state index contributed by atoms with van der Waals surface area (Å²) in [4.78, 5) is 8.73. The van der Waals surface area contributed by atoms with Crippen LogP contribution in [0.25, 0.3) is 0 Å². The van der Waals surface area contributed by atoms with Gasteiger partial charge in [0.25, 0.3) is 0 Å². The highest BCUT2D eigenvalue weighted by Crippen LogP contribution is 2.43. The maximum Gasteiger partial charge on any atom is 0.473 e. The summed E-state index contributed by atoms with van der Waals surface area (Å²) >= 11 is 2.84. The normalized spacial score (nSPS) is 16.7. The van der Waals surface area contributed by atoms with Crippen LogP contribution in [0.3, 0.4) is 0 Å². The van der Waals surface area contributed by atoms with Gasteiger partial charge in [-0.05, 0) is 6.42 Å². The fraction of sp³-hybridized carbons (Fsp3) is 1.00. The van der Waals surface area contributed by atoms with Gasteiger partial charge in [-0.3, -0.25) is 9.05 Å². The Balaban J connectivity index is 3.53. The van der Waals surface area contributed by atoms with Crippen molar-refractivity contribution in [2.45, 2.75) is 13.3 Å². The fourth-order valence-corrected chi connectivity index (χ4v) is 1.69. The number of hydrogen-bond acceptors (Lipinski definition) is 3. The summed E-state index contributed by atoms with van der Waals surface area (Å²) in [6.45, 7) is 2.08. The van der Waals surface area contributed by atoms with E-state index in [1.165, 1.54) is 0 Å². The van der Waals surface area contributed by atoms with E-state index in [0.717, 1.165) is 0 Å². The zero-order valence-corrected chi connectivity index (χ0v) is 8.10. The van der Waals surface area contributed by atoms with Crippen molar-refractivity contribution >= 4 is 23.8 Å². The zero-order chi connectivity index (χ0) is 8.04. The fourth-order valence-electron chi connectivity index (χ4n) is 0.306. The van der Waals surface area contributed by atoms with Gasteiger partial charge >= 0.3 is 7.82 Å². The van der Waals surface area contributed by atoms with E-state index in [9.17, 15) is 4.57 Å². The molecule has 0 saturated heterocycles. The second-order valence-corrected chi connectivity index (χ2v) is 3.45. The average molecular weight is 233 g/mol. The minimum absolute atomic E-state index is 0.00446. The molecule has 0 aliphatic rings. The standard InChI is InChI=1S/C4H10BrO4P/c1-2-3-8-10(6,7)9-4-5/h2-4H2,1H3,(H,6,7). The summed E-state index contributed by atoms with van der Waals surface area (Å²) in [5, 5.41) is 0. The second kappa shape index (κ2) is 5.27. The van der Waals surface area contributed by atoms with Crippen LogP contribution in [0.15, 0.2) is 0 Å². The van der Waals surface area contributed by atoms with Gasteiger partial charge in [0.2, 0.25) is 0 Å². The molecule has 10 heavy (non-hydrogen) atoms. The van der Waals surface area contributed by atoms with Crippen molar-refractivity contribution in [3.8, 4) is 0 Å². The van der Waals surface area contributed by atoms with Gasteiger partial charge in [0.1, 0.15) is 5.52 Å². The van der Waals surface area contributed by atoms with Crippen LogP contribution in [0.5, 0.6) is 0 Å². The summed E-state index contributed by atoms with van der Waals surface area (Å²) in [5.41, 5.74) is 0.00446. The highest BCUT2D eigenvalue weighted by atomic mass is 79.9. The first kappa shape index (κ1) is 10.6. The van der Waals surface area contributed by atoms with Crippen molar-refractivity contribution in [3.63, 3.8) is 0 Å². The number of alkyl halides is 1. The average Bonchev–Trinajstić information content (AvgIpc) is 1.84. The van der Waals surface area contributed by atoms with Gasteiger partial charge < -0.3 is 4.89 Å². The monoisotopic (exact) mass is 232 g/mol. The molecule has 0 rings (SSSR count). The van der Waals surface area contributed by atoms with Crippen LogP contribution in [-0.2, 0) is 13.6 Å². The molecule has 0 aromatic carbocycles. The van der Waals surface area contributed by atoms with Crippen LogP contribution in [0.4, 0.5) is 0 Å². The molecule has 0 amide bonds. The Morgan fingerprint density at radius 3 is 2.60 bits per heavy atom. The van der Waals surface area contributed by atoms with E-state index in [4.69, 9.17) is 4.89 Å². The molecular formula is C4H10BrO4P. The van der Waals surface area contributed by atoms with E-state index in [0.29, 0.717) is 6.42 Å².